The van der Waals surface area contributed by atoms with E-state index in [0.717, 1.165) is 0 Å². The number of ether oxygens (including phenoxy) is 1. The minimum absolute atomic E-state index is 0.205. The predicted octanol–water partition coefficient (Wildman–Crippen LogP) is 0.223. The van der Waals surface area contributed by atoms with E-state index in [1.165, 1.54) is 0 Å². The quantitative estimate of drug-likeness (QED) is 0.718. The van der Waals surface area contributed by atoms with Crippen LogP contribution in [0.1, 0.15) is 23.7 Å². The maximum atomic E-state index is 11.8. The number of hydrogen-bond donors (Lipinski definition) is 2. The number of nitrogens with one attached hydrogen (secondary N) is 1. The average Bonchev–Trinajstić information content (AvgIpc) is 2.39. The summed E-state index contributed by atoms with van der Waals surface area (Å²) in [5.74, 6) is -1.83. The molecule has 0 bridgehead atoms. The summed E-state index contributed by atoms with van der Waals surface area (Å²) in [5, 5.41) is 2.41. The SMILES string of the molecule is CCOC(=O)C[C@H](NC(=O)c1ccccc1)C(N)=O. The Balaban J connectivity index is 2.66. The van der Waals surface area contributed by atoms with Crippen LogP contribution in [0.25, 0.3) is 0 Å². The van der Waals surface area contributed by atoms with Gasteiger partial charge in [0.2, 0.25) is 5.91 Å². The Morgan fingerprint density at radius 3 is 2.42 bits per heavy atom. The monoisotopic (exact) mass is 264 g/mol. The first-order chi connectivity index (χ1) is 9.04. The second-order valence-corrected chi connectivity index (χ2v) is 3.80. The molecule has 0 fully saturated rings. The minimum Gasteiger partial charge on any atom is -0.466 e. The molecule has 3 N–H and O–H groups in total. The molecule has 0 spiro atoms. The van der Waals surface area contributed by atoms with E-state index >= 15 is 0 Å². The maximum absolute atomic E-state index is 11.8. The second-order valence-electron chi connectivity index (χ2n) is 3.80. The number of carbonyl (C=O) groups is 3. The number of benzene rings is 1. The van der Waals surface area contributed by atoms with Crippen LogP contribution in [-0.4, -0.2) is 30.4 Å². The van der Waals surface area contributed by atoms with Crippen LogP contribution >= 0.6 is 0 Å². The Morgan fingerprint density at radius 2 is 1.89 bits per heavy atom. The summed E-state index contributed by atoms with van der Waals surface area (Å²) >= 11 is 0. The van der Waals surface area contributed by atoms with Gasteiger partial charge in [-0.2, -0.15) is 0 Å². The topological polar surface area (TPSA) is 98.5 Å². The van der Waals surface area contributed by atoms with E-state index in [2.05, 4.69) is 5.32 Å². The van der Waals surface area contributed by atoms with Gasteiger partial charge in [-0.3, -0.25) is 14.4 Å². The van der Waals surface area contributed by atoms with Crippen LogP contribution in [0.15, 0.2) is 30.3 Å². The smallest absolute Gasteiger partial charge is 0.308 e. The molecule has 0 heterocycles. The van der Waals surface area contributed by atoms with Crippen molar-refractivity contribution in [3.63, 3.8) is 0 Å². The molecule has 0 radical (unpaired) electrons. The van der Waals surface area contributed by atoms with E-state index in [1.807, 2.05) is 0 Å². The largest absolute Gasteiger partial charge is 0.466 e. The molecule has 0 saturated heterocycles. The maximum Gasteiger partial charge on any atom is 0.308 e. The van der Waals surface area contributed by atoms with Crippen molar-refractivity contribution < 1.29 is 19.1 Å². The molecule has 0 unspecified atom stereocenters. The zero-order valence-electron chi connectivity index (χ0n) is 10.6. The third-order valence-corrected chi connectivity index (χ3v) is 2.36. The summed E-state index contributed by atoms with van der Waals surface area (Å²) < 4.78 is 4.71. The van der Waals surface area contributed by atoms with E-state index in [9.17, 15) is 14.4 Å². The van der Waals surface area contributed by atoms with Gasteiger partial charge in [-0.05, 0) is 19.1 Å². The van der Waals surface area contributed by atoms with Crippen LogP contribution in [0.2, 0.25) is 0 Å². The van der Waals surface area contributed by atoms with Gasteiger partial charge in [0.15, 0.2) is 0 Å². The van der Waals surface area contributed by atoms with Crippen LogP contribution in [0.4, 0.5) is 0 Å². The lowest BCUT2D eigenvalue weighted by Gasteiger charge is -2.14. The molecule has 102 valence electrons. The standard InChI is InChI=1S/C13H16N2O4/c1-2-19-11(16)8-10(12(14)17)15-13(18)9-6-4-3-5-7-9/h3-7,10H,2,8H2,1H3,(H2,14,17)(H,15,18)/t10-/m0/s1. The first-order valence-corrected chi connectivity index (χ1v) is 5.85. The van der Waals surface area contributed by atoms with Crippen molar-refractivity contribution in [2.24, 2.45) is 5.73 Å². The second kappa shape index (κ2) is 7.15. The highest BCUT2D eigenvalue weighted by Gasteiger charge is 2.22. The normalized spacial score (nSPS) is 11.4. The van der Waals surface area contributed by atoms with Gasteiger partial charge in [0.1, 0.15) is 6.04 Å². The number of hydrogen-bond acceptors (Lipinski definition) is 4. The van der Waals surface area contributed by atoms with Crippen molar-refractivity contribution in [2.75, 3.05) is 6.61 Å². The molecule has 0 aliphatic heterocycles. The van der Waals surface area contributed by atoms with Gasteiger partial charge in [0.25, 0.3) is 5.91 Å². The van der Waals surface area contributed by atoms with Crippen LogP contribution < -0.4 is 11.1 Å². The lowest BCUT2D eigenvalue weighted by atomic mass is 10.1. The highest BCUT2D eigenvalue weighted by atomic mass is 16.5. The van der Waals surface area contributed by atoms with Gasteiger partial charge < -0.3 is 15.8 Å². The number of primary amides is 1. The van der Waals surface area contributed by atoms with Crippen molar-refractivity contribution >= 4 is 17.8 Å². The first kappa shape index (κ1) is 14.7. The molecular weight excluding hydrogens is 248 g/mol. The van der Waals surface area contributed by atoms with E-state index in [4.69, 9.17) is 10.5 Å². The van der Waals surface area contributed by atoms with Crippen LogP contribution in [0, 0.1) is 0 Å². The highest BCUT2D eigenvalue weighted by Crippen LogP contribution is 2.01. The fourth-order valence-corrected chi connectivity index (χ4v) is 1.44. The summed E-state index contributed by atoms with van der Waals surface area (Å²) in [6.45, 7) is 1.86. The van der Waals surface area contributed by atoms with Crippen molar-refractivity contribution in [3.05, 3.63) is 35.9 Å². The lowest BCUT2D eigenvalue weighted by molar-refractivity contribution is -0.145. The highest BCUT2D eigenvalue weighted by molar-refractivity contribution is 5.98. The van der Waals surface area contributed by atoms with E-state index < -0.39 is 23.8 Å². The van der Waals surface area contributed by atoms with Crippen molar-refractivity contribution in [1.29, 1.82) is 0 Å². The molecule has 1 aromatic carbocycles. The molecule has 0 aliphatic rings. The number of rotatable bonds is 6. The summed E-state index contributed by atoms with van der Waals surface area (Å²) in [4.78, 5) is 34.3. The van der Waals surface area contributed by atoms with Crippen molar-refractivity contribution in [2.45, 2.75) is 19.4 Å². The van der Waals surface area contributed by atoms with Gasteiger partial charge >= 0.3 is 5.97 Å². The molecule has 0 saturated carbocycles. The predicted molar refractivity (Wildman–Crippen MR) is 68.1 cm³/mol. The molecule has 1 aromatic rings. The van der Waals surface area contributed by atoms with Gasteiger partial charge in [-0.25, -0.2) is 0 Å². The summed E-state index contributed by atoms with van der Waals surface area (Å²) in [6.07, 6.45) is -0.276. The van der Waals surface area contributed by atoms with Crippen LogP contribution in [-0.2, 0) is 14.3 Å². The van der Waals surface area contributed by atoms with Gasteiger partial charge in [-0.15, -0.1) is 0 Å². The Morgan fingerprint density at radius 1 is 1.26 bits per heavy atom. The fraction of sp³-hybridized carbons (Fsp3) is 0.308. The van der Waals surface area contributed by atoms with E-state index in [1.54, 1.807) is 37.3 Å². The summed E-state index contributed by atoms with van der Waals surface area (Å²) in [5.41, 5.74) is 5.53. The van der Waals surface area contributed by atoms with Crippen LogP contribution in [0.3, 0.4) is 0 Å². The zero-order valence-corrected chi connectivity index (χ0v) is 10.6. The zero-order chi connectivity index (χ0) is 14.3. The Labute approximate surface area is 110 Å². The Hall–Kier alpha value is -2.37. The summed E-state index contributed by atoms with van der Waals surface area (Å²) in [6, 6.07) is 7.27. The number of carbonyl (C=O) groups excluding carboxylic acids is 3. The molecule has 19 heavy (non-hydrogen) atoms. The molecule has 1 rings (SSSR count). The molecule has 6 heteroatoms. The van der Waals surface area contributed by atoms with Gasteiger partial charge in [0, 0.05) is 5.56 Å². The average molecular weight is 264 g/mol. The Kier molecular flexibility index (Phi) is 5.53. The third kappa shape index (κ3) is 4.79. The molecule has 2 amide bonds. The first-order valence-electron chi connectivity index (χ1n) is 5.85. The van der Waals surface area contributed by atoms with Crippen molar-refractivity contribution in [1.82, 2.24) is 5.32 Å². The molecule has 0 aliphatic carbocycles. The summed E-state index contributed by atoms with van der Waals surface area (Å²) in [7, 11) is 0. The number of nitrogens with two attached hydrogens (primary N) is 1. The number of esters is 1. The van der Waals surface area contributed by atoms with Crippen LogP contribution in [0.5, 0.6) is 0 Å². The van der Waals surface area contributed by atoms with Gasteiger partial charge in [0.05, 0.1) is 13.0 Å². The van der Waals surface area contributed by atoms with E-state index in [0.29, 0.717) is 5.56 Å². The van der Waals surface area contributed by atoms with E-state index in [-0.39, 0.29) is 13.0 Å². The fourth-order valence-electron chi connectivity index (χ4n) is 1.44. The molecule has 0 aromatic heterocycles. The number of amides is 2. The molecule has 1 atom stereocenters. The third-order valence-electron chi connectivity index (χ3n) is 2.36. The minimum atomic E-state index is -1.08. The van der Waals surface area contributed by atoms with Gasteiger partial charge in [-0.1, -0.05) is 18.2 Å². The molecule has 6 nitrogen and oxygen atoms in total. The Bertz CT molecular complexity index is 459. The van der Waals surface area contributed by atoms with Crippen molar-refractivity contribution in [3.8, 4) is 0 Å². The molecular formula is C13H16N2O4. The lowest BCUT2D eigenvalue weighted by Crippen LogP contribution is -2.45.